The Morgan fingerprint density at radius 2 is 2.10 bits per heavy atom. The highest BCUT2D eigenvalue weighted by molar-refractivity contribution is 7.91. The van der Waals surface area contributed by atoms with Crippen molar-refractivity contribution in [3.05, 3.63) is 35.4 Å². The minimum absolute atomic E-state index is 0.00134. The molecule has 1 aromatic rings. The maximum absolute atomic E-state index is 12.7. The summed E-state index contributed by atoms with van der Waals surface area (Å²) in [6, 6.07) is 7.88. The zero-order valence-electron chi connectivity index (χ0n) is 12.3. The minimum Gasteiger partial charge on any atom is -0.352 e. The average molecular weight is 307 g/mol. The molecule has 21 heavy (non-hydrogen) atoms. The van der Waals surface area contributed by atoms with Gasteiger partial charge in [-0.15, -0.1) is 0 Å². The molecule has 1 N–H and O–H groups in total. The van der Waals surface area contributed by atoms with Crippen molar-refractivity contribution >= 4 is 15.7 Å². The molecule has 0 unspecified atom stereocenters. The lowest BCUT2D eigenvalue weighted by Crippen LogP contribution is -2.52. The molecule has 2 fully saturated rings. The highest BCUT2D eigenvalue weighted by Gasteiger charge is 2.46. The van der Waals surface area contributed by atoms with Crippen molar-refractivity contribution < 1.29 is 13.2 Å². The molecule has 1 saturated carbocycles. The smallest absolute Gasteiger partial charge is 0.230 e. The monoisotopic (exact) mass is 307 g/mol. The van der Waals surface area contributed by atoms with Crippen LogP contribution in [0.4, 0.5) is 0 Å². The summed E-state index contributed by atoms with van der Waals surface area (Å²) >= 11 is 0. The molecule has 1 atom stereocenters. The van der Waals surface area contributed by atoms with E-state index in [1.54, 1.807) is 0 Å². The minimum atomic E-state index is -2.96. The standard InChI is InChI=1S/C16H21NO3S/c1-12-4-2-5-13(10-12)16(7-3-8-16)15(18)17-14-6-9-21(19,20)11-14/h2,4-5,10,14H,3,6-9,11H2,1H3,(H,17,18)/t14-/m0/s1. The first kappa shape index (κ1) is 14.6. The van der Waals surface area contributed by atoms with Gasteiger partial charge in [0.15, 0.2) is 9.84 Å². The summed E-state index contributed by atoms with van der Waals surface area (Å²) in [6.07, 6.45) is 3.28. The highest BCUT2D eigenvalue weighted by atomic mass is 32.2. The number of benzene rings is 1. The predicted molar refractivity (Wildman–Crippen MR) is 81.9 cm³/mol. The van der Waals surface area contributed by atoms with Crippen LogP contribution < -0.4 is 5.32 Å². The van der Waals surface area contributed by atoms with Gasteiger partial charge in [0.05, 0.1) is 16.9 Å². The van der Waals surface area contributed by atoms with Crippen LogP contribution in [0.15, 0.2) is 24.3 Å². The van der Waals surface area contributed by atoms with Crippen LogP contribution in [-0.4, -0.2) is 31.9 Å². The summed E-state index contributed by atoms with van der Waals surface area (Å²) in [5, 5.41) is 2.98. The molecule has 1 amide bonds. The van der Waals surface area contributed by atoms with E-state index >= 15 is 0 Å². The van der Waals surface area contributed by atoms with Crippen molar-refractivity contribution in [2.75, 3.05) is 11.5 Å². The first-order valence-corrected chi connectivity index (χ1v) is 9.32. The number of hydrogen-bond acceptors (Lipinski definition) is 3. The number of carbonyl (C=O) groups is 1. The number of carbonyl (C=O) groups excluding carboxylic acids is 1. The Balaban J connectivity index is 1.78. The summed E-state index contributed by atoms with van der Waals surface area (Å²) in [5.41, 5.74) is 1.76. The Morgan fingerprint density at radius 1 is 1.33 bits per heavy atom. The summed E-state index contributed by atoms with van der Waals surface area (Å²) in [6.45, 7) is 2.03. The Bertz CT molecular complexity index is 662. The molecule has 1 aromatic carbocycles. The topological polar surface area (TPSA) is 63.2 Å². The molecule has 2 aliphatic rings. The van der Waals surface area contributed by atoms with Crippen molar-refractivity contribution in [3.63, 3.8) is 0 Å². The quantitative estimate of drug-likeness (QED) is 0.925. The fourth-order valence-electron chi connectivity index (χ4n) is 3.35. The van der Waals surface area contributed by atoms with E-state index in [2.05, 4.69) is 11.4 Å². The fraction of sp³-hybridized carbons (Fsp3) is 0.562. The van der Waals surface area contributed by atoms with Gasteiger partial charge in [-0.05, 0) is 31.7 Å². The van der Waals surface area contributed by atoms with Gasteiger partial charge in [-0.25, -0.2) is 8.42 Å². The second-order valence-corrected chi connectivity index (χ2v) is 8.61. The third-order valence-electron chi connectivity index (χ3n) is 4.78. The van der Waals surface area contributed by atoms with Crippen LogP contribution in [0.3, 0.4) is 0 Å². The number of hydrogen-bond donors (Lipinski definition) is 1. The van der Waals surface area contributed by atoms with Gasteiger partial charge in [0.2, 0.25) is 5.91 Å². The van der Waals surface area contributed by atoms with Gasteiger partial charge < -0.3 is 5.32 Å². The SMILES string of the molecule is Cc1cccc(C2(C(=O)N[C@H]3CCS(=O)(=O)C3)CCC2)c1. The zero-order valence-corrected chi connectivity index (χ0v) is 13.1. The van der Waals surface area contributed by atoms with E-state index < -0.39 is 15.3 Å². The maximum atomic E-state index is 12.7. The Labute approximate surface area is 125 Å². The van der Waals surface area contributed by atoms with Crippen molar-refractivity contribution in [3.8, 4) is 0 Å². The third kappa shape index (κ3) is 2.71. The van der Waals surface area contributed by atoms with E-state index in [4.69, 9.17) is 0 Å². The van der Waals surface area contributed by atoms with Gasteiger partial charge in [0.25, 0.3) is 0 Å². The van der Waals surface area contributed by atoms with E-state index in [-0.39, 0.29) is 23.5 Å². The lowest BCUT2D eigenvalue weighted by atomic mass is 9.63. The first-order chi connectivity index (χ1) is 9.91. The van der Waals surface area contributed by atoms with Gasteiger partial charge in [0.1, 0.15) is 0 Å². The van der Waals surface area contributed by atoms with Crippen molar-refractivity contribution in [2.24, 2.45) is 0 Å². The summed E-state index contributed by atoms with van der Waals surface area (Å²) in [7, 11) is -2.96. The lowest BCUT2D eigenvalue weighted by Gasteiger charge is -2.41. The molecule has 0 radical (unpaired) electrons. The van der Waals surface area contributed by atoms with Crippen molar-refractivity contribution in [2.45, 2.75) is 44.1 Å². The molecule has 0 aromatic heterocycles. The summed E-state index contributed by atoms with van der Waals surface area (Å²) in [4.78, 5) is 12.7. The lowest BCUT2D eigenvalue weighted by molar-refractivity contribution is -0.130. The molecule has 114 valence electrons. The normalized spacial score (nSPS) is 26.0. The predicted octanol–water partition coefficient (Wildman–Crippen LogP) is 1.72. The number of aryl methyl sites for hydroxylation is 1. The number of sulfone groups is 1. The van der Waals surface area contributed by atoms with E-state index in [1.165, 1.54) is 0 Å². The fourth-order valence-corrected chi connectivity index (χ4v) is 5.03. The Hall–Kier alpha value is -1.36. The highest BCUT2D eigenvalue weighted by Crippen LogP contribution is 2.44. The maximum Gasteiger partial charge on any atom is 0.230 e. The summed E-state index contributed by atoms with van der Waals surface area (Å²) < 4.78 is 23.0. The van der Waals surface area contributed by atoms with Crippen LogP contribution in [0.2, 0.25) is 0 Å². The molecule has 0 bridgehead atoms. The molecule has 0 spiro atoms. The second kappa shape index (κ2) is 5.13. The van der Waals surface area contributed by atoms with Crippen molar-refractivity contribution in [1.82, 2.24) is 5.32 Å². The molecule has 1 aliphatic carbocycles. The Morgan fingerprint density at radius 3 is 2.62 bits per heavy atom. The van der Waals surface area contributed by atoms with E-state index in [1.807, 2.05) is 25.1 Å². The third-order valence-corrected chi connectivity index (χ3v) is 6.55. The van der Waals surface area contributed by atoms with Gasteiger partial charge in [-0.1, -0.05) is 36.2 Å². The molecule has 1 heterocycles. The second-order valence-electron chi connectivity index (χ2n) is 6.38. The van der Waals surface area contributed by atoms with Crippen LogP contribution >= 0.6 is 0 Å². The van der Waals surface area contributed by atoms with Crippen LogP contribution in [0, 0.1) is 6.92 Å². The van der Waals surface area contributed by atoms with E-state index in [0.717, 1.165) is 30.4 Å². The molecule has 3 rings (SSSR count). The van der Waals surface area contributed by atoms with Crippen LogP contribution in [0.1, 0.15) is 36.8 Å². The number of rotatable bonds is 3. The Kier molecular flexibility index (Phi) is 3.56. The van der Waals surface area contributed by atoms with Gasteiger partial charge in [0, 0.05) is 6.04 Å². The van der Waals surface area contributed by atoms with Crippen molar-refractivity contribution in [1.29, 1.82) is 0 Å². The first-order valence-electron chi connectivity index (χ1n) is 7.50. The summed E-state index contributed by atoms with van der Waals surface area (Å²) in [5.74, 6) is 0.277. The molecular weight excluding hydrogens is 286 g/mol. The number of nitrogens with one attached hydrogen (secondary N) is 1. The molecule has 1 saturated heterocycles. The van der Waals surface area contributed by atoms with Gasteiger partial charge in [-0.3, -0.25) is 4.79 Å². The zero-order chi connectivity index (χ0) is 15.1. The van der Waals surface area contributed by atoms with Crippen LogP contribution in [-0.2, 0) is 20.0 Å². The molecule has 1 aliphatic heterocycles. The molecular formula is C16H21NO3S. The van der Waals surface area contributed by atoms with E-state index in [9.17, 15) is 13.2 Å². The number of amides is 1. The van der Waals surface area contributed by atoms with E-state index in [0.29, 0.717) is 6.42 Å². The van der Waals surface area contributed by atoms with Crippen LogP contribution in [0.5, 0.6) is 0 Å². The van der Waals surface area contributed by atoms with Gasteiger partial charge >= 0.3 is 0 Å². The molecule has 4 nitrogen and oxygen atoms in total. The van der Waals surface area contributed by atoms with Crippen LogP contribution in [0.25, 0.3) is 0 Å². The largest absolute Gasteiger partial charge is 0.352 e. The average Bonchev–Trinajstić information content (AvgIpc) is 2.67. The van der Waals surface area contributed by atoms with Gasteiger partial charge in [-0.2, -0.15) is 0 Å². The molecule has 5 heteroatoms.